The fourth-order valence-corrected chi connectivity index (χ4v) is 1.57. The predicted molar refractivity (Wildman–Crippen MR) is 66.9 cm³/mol. The number of methoxy groups -OCH3 is 1. The van der Waals surface area contributed by atoms with Crippen LogP contribution in [0.1, 0.15) is 29.3 Å². The highest BCUT2D eigenvalue weighted by molar-refractivity contribution is 5.99. The average molecular weight is 251 g/mol. The Labute approximate surface area is 106 Å². The molecule has 0 spiro atoms. The van der Waals surface area contributed by atoms with Crippen molar-refractivity contribution in [2.24, 2.45) is 0 Å². The van der Waals surface area contributed by atoms with Gasteiger partial charge in [0.25, 0.3) is 5.91 Å². The molecule has 0 fully saturated rings. The number of aryl methyl sites for hydroxylation is 1. The molecule has 2 N–H and O–H groups in total. The van der Waals surface area contributed by atoms with Crippen LogP contribution >= 0.6 is 0 Å². The number of carbonyl (C=O) groups excluding carboxylic acids is 1. The topological polar surface area (TPSA) is 75.6 Å². The summed E-state index contributed by atoms with van der Waals surface area (Å²) in [6.45, 7) is 3.55. The number of benzene rings is 1. The van der Waals surface area contributed by atoms with Gasteiger partial charge in [-0.2, -0.15) is 0 Å². The van der Waals surface area contributed by atoms with Crippen molar-refractivity contribution in [3.05, 3.63) is 29.3 Å². The number of hydrogen-bond acceptors (Lipinski definition) is 3. The Morgan fingerprint density at radius 3 is 2.61 bits per heavy atom. The molecule has 0 bridgehead atoms. The molecule has 0 aliphatic rings. The van der Waals surface area contributed by atoms with Gasteiger partial charge in [-0.1, -0.05) is 18.6 Å². The Morgan fingerprint density at radius 1 is 1.44 bits per heavy atom. The first-order chi connectivity index (χ1) is 8.49. The van der Waals surface area contributed by atoms with E-state index in [1.165, 1.54) is 7.11 Å². The monoisotopic (exact) mass is 251 g/mol. The average Bonchev–Trinajstić information content (AvgIpc) is 2.35. The molecule has 0 saturated heterocycles. The Kier molecular flexibility index (Phi) is 4.71. The molecule has 0 aliphatic carbocycles. The van der Waals surface area contributed by atoms with E-state index < -0.39 is 17.9 Å². The van der Waals surface area contributed by atoms with Gasteiger partial charge in [-0.3, -0.25) is 4.79 Å². The summed E-state index contributed by atoms with van der Waals surface area (Å²) in [5, 5.41) is 11.4. The highest BCUT2D eigenvalue weighted by atomic mass is 16.5. The van der Waals surface area contributed by atoms with Crippen molar-refractivity contribution in [3.8, 4) is 5.75 Å². The minimum absolute atomic E-state index is 0.329. The van der Waals surface area contributed by atoms with E-state index in [0.717, 1.165) is 5.56 Å². The van der Waals surface area contributed by atoms with E-state index in [1.807, 2.05) is 13.0 Å². The molecule has 1 aromatic rings. The van der Waals surface area contributed by atoms with Crippen LogP contribution in [-0.2, 0) is 4.79 Å². The van der Waals surface area contributed by atoms with Crippen molar-refractivity contribution in [3.63, 3.8) is 0 Å². The quantitative estimate of drug-likeness (QED) is 0.833. The highest BCUT2D eigenvalue weighted by Crippen LogP contribution is 2.19. The van der Waals surface area contributed by atoms with Crippen LogP contribution in [0.4, 0.5) is 0 Å². The zero-order valence-electron chi connectivity index (χ0n) is 10.7. The fourth-order valence-electron chi connectivity index (χ4n) is 1.57. The second kappa shape index (κ2) is 6.05. The Bertz CT molecular complexity index is 456. The lowest BCUT2D eigenvalue weighted by Crippen LogP contribution is -2.40. The van der Waals surface area contributed by atoms with Crippen molar-refractivity contribution >= 4 is 11.9 Å². The summed E-state index contributed by atoms with van der Waals surface area (Å²) in [6, 6.07) is 4.29. The first-order valence-corrected chi connectivity index (χ1v) is 5.67. The third-order valence-corrected chi connectivity index (χ3v) is 2.61. The molecule has 0 saturated carbocycles. The van der Waals surface area contributed by atoms with Gasteiger partial charge in [-0.05, 0) is 25.5 Å². The maximum Gasteiger partial charge on any atom is 0.326 e. The lowest BCUT2D eigenvalue weighted by Gasteiger charge is -2.14. The van der Waals surface area contributed by atoms with Crippen molar-refractivity contribution < 1.29 is 19.4 Å². The van der Waals surface area contributed by atoms with E-state index in [9.17, 15) is 9.59 Å². The number of carboxylic acid groups (broad SMARTS) is 1. The number of hydrogen-bond donors (Lipinski definition) is 2. The minimum atomic E-state index is -1.04. The molecule has 1 aromatic carbocycles. The van der Waals surface area contributed by atoms with Crippen LogP contribution in [-0.4, -0.2) is 30.1 Å². The summed E-state index contributed by atoms with van der Waals surface area (Å²) in [6.07, 6.45) is 0.329. The third kappa shape index (κ3) is 3.23. The summed E-state index contributed by atoms with van der Waals surface area (Å²) in [5.41, 5.74) is 1.25. The Hall–Kier alpha value is -2.04. The maximum atomic E-state index is 12.0. The third-order valence-electron chi connectivity index (χ3n) is 2.61. The summed E-state index contributed by atoms with van der Waals surface area (Å²) < 4.78 is 5.09. The van der Waals surface area contributed by atoms with Crippen molar-refractivity contribution in [1.82, 2.24) is 5.32 Å². The number of aliphatic carboxylic acids is 1. The van der Waals surface area contributed by atoms with Gasteiger partial charge >= 0.3 is 5.97 Å². The number of amides is 1. The zero-order chi connectivity index (χ0) is 13.7. The van der Waals surface area contributed by atoms with Gasteiger partial charge in [0.05, 0.1) is 12.7 Å². The van der Waals surface area contributed by atoms with Crippen LogP contribution in [0.5, 0.6) is 5.75 Å². The van der Waals surface area contributed by atoms with Gasteiger partial charge in [-0.15, -0.1) is 0 Å². The molecule has 5 nitrogen and oxygen atoms in total. The summed E-state index contributed by atoms with van der Waals surface area (Å²) >= 11 is 0. The molecule has 1 rings (SSSR count). The molecule has 1 amide bonds. The van der Waals surface area contributed by atoms with E-state index in [2.05, 4.69) is 5.32 Å². The van der Waals surface area contributed by atoms with Gasteiger partial charge in [0.1, 0.15) is 11.8 Å². The maximum absolute atomic E-state index is 12.0. The van der Waals surface area contributed by atoms with Gasteiger partial charge in [0.15, 0.2) is 0 Å². The van der Waals surface area contributed by atoms with E-state index >= 15 is 0 Å². The van der Waals surface area contributed by atoms with E-state index in [-0.39, 0.29) is 0 Å². The fraction of sp³-hybridized carbons (Fsp3) is 0.385. The second-order valence-electron chi connectivity index (χ2n) is 3.98. The van der Waals surface area contributed by atoms with Gasteiger partial charge in [-0.25, -0.2) is 4.79 Å². The number of rotatable bonds is 5. The van der Waals surface area contributed by atoms with Crippen LogP contribution in [0.3, 0.4) is 0 Å². The molecular formula is C13H17NO4. The van der Waals surface area contributed by atoms with Crippen LogP contribution in [0, 0.1) is 6.92 Å². The first-order valence-electron chi connectivity index (χ1n) is 5.67. The molecule has 18 heavy (non-hydrogen) atoms. The van der Waals surface area contributed by atoms with Crippen LogP contribution in [0.15, 0.2) is 18.2 Å². The Morgan fingerprint density at radius 2 is 2.11 bits per heavy atom. The van der Waals surface area contributed by atoms with E-state index in [4.69, 9.17) is 9.84 Å². The van der Waals surface area contributed by atoms with E-state index in [0.29, 0.717) is 17.7 Å². The molecule has 0 aromatic heterocycles. The molecule has 1 unspecified atom stereocenters. The molecule has 5 heteroatoms. The SMILES string of the molecule is CCC(NC(=O)c1cc(C)ccc1OC)C(=O)O. The lowest BCUT2D eigenvalue weighted by atomic mass is 10.1. The zero-order valence-corrected chi connectivity index (χ0v) is 10.7. The van der Waals surface area contributed by atoms with Gasteiger partial charge in [0.2, 0.25) is 0 Å². The summed E-state index contributed by atoms with van der Waals surface area (Å²) in [4.78, 5) is 22.9. The minimum Gasteiger partial charge on any atom is -0.496 e. The number of carboxylic acids is 1. The van der Waals surface area contributed by atoms with Crippen LogP contribution < -0.4 is 10.1 Å². The molecule has 98 valence electrons. The molecule has 0 heterocycles. The number of nitrogens with one attached hydrogen (secondary N) is 1. The highest BCUT2D eigenvalue weighted by Gasteiger charge is 2.20. The van der Waals surface area contributed by atoms with Gasteiger partial charge in [0, 0.05) is 0 Å². The standard InChI is InChI=1S/C13H17NO4/c1-4-10(13(16)17)14-12(15)9-7-8(2)5-6-11(9)18-3/h5-7,10H,4H2,1-3H3,(H,14,15)(H,16,17). The molecule has 0 radical (unpaired) electrons. The summed E-state index contributed by atoms with van der Waals surface area (Å²) in [7, 11) is 1.47. The second-order valence-corrected chi connectivity index (χ2v) is 3.98. The predicted octanol–water partition coefficient (Wildman–Crippen LogP) is 1.60. The van der Waals surface area contributed by atoms with Crippen molar-refractivity contribution in [2.45, 2.75) is 26.3 Å². The van der Waals surface area contributed by atoms with Crippen molar-refractivity contribution in [1.29, 1.82) is 0 Å². The van der Waals surface area contributed by atoms with E-state index in [1.54, 1.807) is 19.1 Å². The van der Waals surface area contributed by atoms with Crippen molar-refractivity contribution in [2.75, 3.05) is 7.11 Å². The number of carbonyl (C=O) groups is 2. The summed E-state index contributed by atoms with van der Waals surface area (Å²) in [5.74, 6) is -1.05. The molecule has 0 aliphatic heterocycles. The lowest BCUT2D eigenvalue weighted by molar-refractivity contribution is -0.139. The van der Waals surface area contributed by atoms with Crippen LogP contribution in [0.2, 0.25) is 0 Å². The molecule has 1 atom stereocenters. The smallest absolute Gasteiger partial charge is 0.326 e. The van der Waals surface area contributed by atoms with Gasteiger partial charge < -0.3 is 15.2 Å². The largest absolute Gasteiger partial charge is 0.496 e. The number of ether oxygens (including phenoxy) is 1. The molecular weight excluding hydrogens is 234 g/mol. The first kappa shape index (κ1) is 14.0. The Balaban J connectivity index is 2.96. The van der Waals surface area contributed by atoms with Crippen LogP contribution in [0.25, 0.3) is 0 Å². The normalized spacial score (nSPS) is 11.7.